The minimum atomic E-state index is -3.08. The molecule has 1 fully saturated rings. The van der Waals surface area contributed by atoms with Crippen LogP contribution in [0.2, 0.25) is 0 Å². The van der Waals surface area contributed by atoms with E-state index < -0.39 is 7.60 Å². The zero-order valence-corrected chi connectivity index (χ0v) is 5.80. The van der Waals surface area contributed by atoms with Crippen LogP contribution < -0.4 is 0 Å². The van der Waals surface area contributed by atoms with Gasteiger partial charge in [0, 0.05) is 6.54 Å². The third-order valence-electron chi connectivity index (χ3n) is 0.826. The van der Waals surface area contributed by atoms with E-state index in [1.54, 1.807) is 6.92 Å². The van der Waals surface area contributed by atoms with E-state index in [0.29, 0.717) is 12.5 Å². The molecule has 0 amide bonds. The van der Waals surface area contributed by atoms with Crippen molar-refractivity contribution in [2.75, 3.05) is 6.54 Å². The van der Waals surface area contributed by atoms with Crippen molar-refractivity contribution in [2.24, 2.45) is 0 Å². The fourth-order valence-corrected chi connectivity index (χ4v) is 1.27. The van der Waals surface area contributed by atoms with E-state index in [0.717, 1.165) is 5.23 Å². The van der Waals surface area contributed by atoms with Crippen LogP contribution in [0.1, 0.15) is 6.92 Å². The van der Waals surface area contributed by atoms with Crippen molar-refractivity contribution < 1.29 is 13.8 Å². The molecular weight excluding hydrogens is 143 g/mol. The standard InChI is InChI=1S/C3H7N2O3P/c1-2-5-7-9(6,3-4)8-5/h3-4H,2H2,1H3. The van der Waals surface area contributed by atoms with Gasteiger partial charge in [0.2, 0.25) is 0 Å². The van der Waals surface area contributed by atoms with Gasteiger partial charge >= 0.3 is 7.60 Å². The molecular formula is C3H7N2O3P. The van der Waals surface area contributed by atoms with Crippen LogP contribution >= 0.6 is 7.60 Å². The summed E-state index contributed by atoms with van der Waals surface area (Å²) in [6, 6.07) is 0. The Morgan fingerprint density at radius 1 is 1.78 bits per heavy atom. The third kappa shape index (κ3) is 1.19. The van der Waals surface area contributed by atoms with E-state index in [-0.39, 0.29) is 0 Å². The summed E-state index contributed by atoms with van der Waals surface area (Å²) in [5, 5.41) is 7.63. The average molecular weight is 150 g/mol. The molecule has 52 valence electrons. The summed E-state index contributed by atoms with van der Waals surface area (Å²) in [5.74, 6) is 0.680. The van der Waals surface area contributed by atoms with Gasteiger partial charge < -0.3 is 5.41 Å². The van der Waals surface area contributed by atoms with E-state index in [4.69, 9.17) is 5.41 Å². The highest BCUT2D eigenvalue weighted by atomic mass is 31.2. The largest absolute Gasteiger partial charge is 0.408 e. The second kappa shape index (κ2) is 2.19. The number of hydroxylamine groups is 2. The molecule has 0 spiro atoms. The molecule has 0 bridgehead atoms. The molecule has 0 aromatic heterocycles. The van der Waals surface area contributed by atoms with Gasteiger partial charge in [-0.1, -0.05) is 0 Å². The van der Waals surface area contributed by atoms with Crippen LogP contribution in [-0.4, -0.2) is 17.7 Å². The molecule has 1 aliphatic heterocycles. The minimum absolute atomic E-state index is 0.512. The van der Waals surface area contributed by atoms with E-state index in [9.17, 15) is 4.57 Å². The molecule has 1 rings (SSSR count). The summed E-state index contributed by atoms with van der Waals surface area (Å²) < 4.78 is 19.8. The van der Waals surface area contributed by atoms with E-state index in [1.807, 2.05) is 0 Å². The minimum Gasteiger partial charge on any atom is -0.300 e. The molecule has 9 heavy (non-hydrogen) atoms. The highest BCUT2D eigenvalue weighted by Gasteiger charge is 2.39. The lowest BCUT2D eigenvalue weighted by molar-refractivity contribution is -0.328. The molecule has 0 unspecified atom stereocenters. The number of hydrogen-bond acceptors (Lipinski definition) is 5. The van der Waals surface area contributed by atoms with Crippen molar-refractivity contribution in [3.8, 4) is 0 Å². The Kier molecular flexibility index (Phi) is 1.68. The molecule has 1 N–H and O–H groups in total. The molecule has 0 saturated carbocycles. The predicted molar refractivity (Wildman–Crippen MR) is 30.9 cm³/mol. The zero-order valence-electron chi connectivity index (χ0n) is 4.90. The lowest BCUT2D eigenvalue weighted by atomic mass is 10.8. The van der Waals surface area contributed by atoms with Gasteiger partial charge in [0.15, 0.2) is 0 Å². The lowest BCUT2D eigenvalue weighted by Crippen LogP contribution is -2.32. The first-order valence-corrected chi connectivity index (χ1v) is 4.09. The first-order valence-electron chi connectivity index (χ1n) is 2.48. The average Bonchev–Trinajstić information content (AvgIpc) is 1.81. The number of nitrogens with one attached hydrogen (secondary N) is 1. The Hall–Kier alpha value is -0.220. The van der Waals surface area contributed by atoms with Gasteiger partial charge in [-0.25, -0.2) is 0 Å². The summed E-state index contributed by atoms with van der Waals surface area (Å²) in [5.41, 5.74) is 0. The Morgan fingerprint density at radius 3 is 2.67 bits per heavy atom. The van der Waals surface area contributed by atoms with Gasteiger partial charge in [-0.05, 0) is 12.2 Å². The van der Waals surface area contributed by atoms with Crippen molar-refractivity contribution in [1.29, 1.82) is 5.41 Å². The van der Waals surface area contributed by atoms with Crippen molar-refractivity contribution in [2.45, 2.75) is 6.92 Å². The molecule has 0 aliphatic carbocycles. The topological polar surface area (TPSA) is 62.6 Å². The van der Waals surface area contributed by atoms with Gasteiger partial charge in [0.25, 0.3) is 0 Å². The predicted octanol–water partition coefficient (Wildman–Crippen LogP) is 0.985. The van der Waals surface area contributed by atoms with E-state index in [2.05, 4.69) is 9.25 Å². The molecule has 0 radical (unpaired) electrons. The SMILES string of the molecule is CCN1OP(=O)(C=N)O1. The molecule has 1 saturated heterocycles. The fraction of sp³-hybridized carbons (Fsp3) is 0.667. The van der Waals surface area contributed by atoms with Crippen molar-refractivity contribution in [1.82, 2.24) is 5.23 Å². The maximum atomic E-state index is 10.7. The highest BCUT2D eigenvalue weighted by molar-refractivity contribution is 7.70. The number of hydrogen-bond donors (Lipinski definition) is 1. The zero-order chi connectivity index (χ0) is 6.91. The summed E-state index contributed by atoms with van der Waals surface area (Å²) in [6.45, 7) is 2.30. The maximum Gasteiger partial charge on any atom is 0.408 e. The van der Waals surface area contributed by atoms with Crippen LogP contribution in [0.4, 0.5) is 0 Å². The Morgan fingerprint density at radius 2 is 2.33 bits per heavy atom. The van der Waals surface area contributed by atoms with Crippen molar-refractivity contribution >= 4 is 13.6 Å². The summed E-state index contributed by atoms with van der Waals surface area (Å²) >= 11 is 0. The smallest absolute Gasteiger partial charge is 0.300 e. The number of nitrogens with zero attached hydrogens (tertiary/aromatic N) is 1. The molecule has 1 heterocycles. The lowest BCUT2D eigenvalue weighted by Gasteiger charge is -2.32. The quantitative estimate of drug-likeness (QED) is 0.470. The summed E-state index contributed by atoms with van der Waals surface area (Å²) in [4.78, 5) is 0. The fourth-order valence-electron chi connectivity index (χ4n) is 0.423. The normalized spacial score (nSPS) is 25.0. The van der Waals surface area contributed by atoms with Crippen LogP contribution in [0.15, 0.2) is 0 Å². The van der Waals surface area contributed by atoms with Gasteiger partial charge in [-0.15, -0.1) is 0 Å². The van der Waals surface area contributed by atoms with Crippen LogP contribution in [0.25, 0.3) is 0 Å². The van der Waals surface area contributed by atoms with Crippen molar-refractivity contribution in [3.63, 3.8) is 0 Å². The molecule has 0 aromatic rings. The highest BCUT2D eigenvalue weighted by Crippen LogP contribution is 2.55. The van der Waals surface area contributed by atoms with E-state index in [1.165, 1.54) is 0 Å². The van der Waals surface area contributed by atoms with Crippen molar-refractivity contribution in [3.05, 3.63) is 0 Å². The second-order valence-corrected chi connectivity index (χ2v) is 3.15. The molecule has 0 aromatic carbocycles. The molecule has 0 atom stereocenters. The Balaban J connectivity index is 2.41. The van der Waals surface area contributed by atoms with Crippen LogP contribution in [0.3, 0.4) is 0 Å². The third-order valence-corrected chi connectivity index (χ3v) is 1.96. The van der Waals surface area contributed by atoms with Crippen LogP contribution in [0, 0.1) is 5.41 Å². The first-order chi connectivity index (χ1) is 4.20. The van der Waals surface area contributed by atoms with Gasteiger partial charge in [-0.3, -0.25) is 4.57 Å². The summed E-state index contributed by atoms with van der Waals surface area (Å²) in [7, 11) is -3.08. The van der Waals surface area contributed by atoms with E-state index >= 15 is 0 Å². The second-order valence-electron chi connectivity index (χ2n) is 1.48. The van der Waals surface area contributed by atoms with Gasteiger partial charge in [0.05, 0.1) is 0 Å². The summed E-state index contributed by atoms with van der Waals surface area (Å²) in [6.07, 6.45) is 0. The monoisotopic (exact) mass is 150 g/mol. The maximum absolute atomic E-state index is 10.7. The molecule has 5 nitrogen and oxygen atoms in total. The Bertz CT molecular complexity index is 160. The Labute approximate surface area is 52.5 Å². The molecule has 6 heteroatoms. The molecule has 1 aliphatic rings. The van der Waals surface area contributed by atoms with Crippen LogP contribution in [-0.2, 0) is 13.8 Å². The van der Waals surface area contributed by atoms with Gasteiger partial charge in [0.1, 0.15) is 5.96 Å². The first kappa shape index (κ1) is 6.89. The number of rotatable bonds is 2. The van der Waals surface area contributed by atoms with Gasteiger partial charge in [-0.2, -0.15) is 9.25 Å². The van der Waals surface area contributed by atoms with Crippen LogP contribution in [0.5, 0.6) is 0 Å².